The van der Waals surface area contributed by atoms with Crippen molar-refractivity contribution in [3.05, 3.63) is 29.3 Å². The highest BCUT2D eigenvalue weighted by molar-refractivity contribution is 5.36. The van der Waals surface area contributed by atoms with E-state index in [1.54, 1.807) is 0 Å². The summed E-state index contributed by atoms with van der Waals surface area (Å²) in [6.07, 6.45) is 19.7. The Balaban J connectivity index is 2.13. The van der Waals surface area contributed by atoms with Gasteiger partial charge in [0.2, 0.25) is 0 Å². The first-order valence-electron chi connectivity index (χ1n) is 12.3. The third kappa shape index (κ3) is 13.2. The molecule has 1 aromatic carbocycles. The summed E-state index contributed by atoms with van der Waals surface area (Å²) in [5.74, 6) is 2.18. The van der Waals surface area contributed by atoms with Crippen LogP contribution in [0.4, 0.5) is 0 Å². The topological polar surface area (TPSA) is 20.2 Å². The highest BCUT2D eigenvalue weighted by Crippen LogP contribution is 2.23. The molecule has 0 unspecified atom stereocenters. The second-order valence-electron chi connectivity index (χ2n) is 9.72. The van der Waals surface area contributed by atoms with Gasteiger partial charge in [0, 0.05) is 0 Å². The molecule has 28 heavy (non-hydrogen) atoms. The molecule has 0 saturated carbocycles. The summed E-state index contributed by atoms with van der Waals surface area (Å²) in [6, 6.07) is 6.29. The second kappa shape index (κ2) is 15.9. The molecule has 0 amide bonds. The molecule has 0 heterocycles. The third-order valence-electron chi connectivity index (χ3n) is 5.87. The summed E-state index contributed by atoms with van der Waals surface area (Å²) in [5, 5.41) is 10.2. The molecule has 0 saturated heterocycles. The number of rotatable bonds is 17. The smallest absolute Gasteiger partial charge is 0.118 e. The molecule has 0 aliphatic heterocycles. The van der Waals surface area contributed by atoms with Gasteiger partial charge in [0.25, 0.3) is 0 Å². The van der Waals surface area contributed by atoms with Crippen molar-refractivity contribution in [2.75, 3.05) is 0 Å². The Morgan fingerprint density at radius 1 is 0.607 bits per heavy atom. The zero-order chi connectivity index (χ0) is 20.6. The summed E-state index contributed by atoms with van der Waals surface area (Å²) in [4.78, 5) is 0. The van der Waals surface area contributed by atoms with Crippen LogP contribution in [0.1, 0.15) is 122 Å². The van der Waals surface area contributed by atoms with Crippen molar-refractivity contribution >= 4 is 0 Å². The van der Waals surface area contributed by atoms with Gasteiger partial charge in [0.05, 0.1) is 0 Å². The first-order valence-corrected chi connectivity index (χ1v) is 12.3. The Morgan fingerprint density at radius 2 is 1.07 bits per heavy atom. The van der Waals surface area contributed by atoms with Crippen molar-refractivity contribution in [3.8, 4) is 5.75 Å². The lowest BCUT2D eigenvalue weighted by Gasteiger charge is -2.09. The number of phenols is 1. The monoisotopic (exact) mass is 388 g/mol. The van der Waals surface area contributed by atoms with Gasteiger partial charge in [-0.3, -0.25) is 0 Å². The average Bonchev–Trinajstić information content (AvgIpc) is 2.64. The minimum absolute atomic E-state index is 0.493. The van der Waals surface area contributed by atoms with Gasteiger partial charge >= 0.3 is 0 Å². The van der Waals surface area contributed by atoms with Crippen LogP contribution in [0.3, 0.4) is 0 Å². The van der Waals surface area contributed by atoms with Gasteiger partial charge in [-0.1, -0.05) is 110 Å². The molecule has 1 aromatic rings. The number of hydrogen-bond donors (Lipinski definition) is 1. The Kier molecular flexibility index (Phi) is 14.2. The van der Waals surface area contributed by atoms with Crippen LogP contribution in [0.5, 0.6) is 5.75 Å². The molecule has 0 spiro atoms. The van der Waals surface area contributed by atoms with Crippen molar-refractivity contribution < 1.29 is 5.11 Å². The molecule has 0 atom stereocenters. The maximum absolute atomic E-state index is 10.2. The fraction of sp³-hybridized carbons (Fsp3) is 0.778. The maximum Gasteiger partial charge on any atom is 0.118 e. The molecule has 0 radical (unpaired) electrons. The standard InChI is InChI=1S/C27H48O/c1-23(2)16-12-8-6-5-7-9-14-18-25-20-21-27(28)26(22-25)19-15-11-10-13-17-24(3)4/h20-24,28H,5-19H2,1-4H3. The quantitative estimate of drug-likeness (QED) is 0.264. The number of hydrogen-bond acceptors (Lipinski definition) is 1. The van der Waals surface area contributed by atoms with E-state index in [0.717, 1.165) is 30.2 Å². The lowest BCUT2D eigenvalue weighted by molar-refractivity contribution is 0.464. The lowest BCUT2D eigenvalue weighted by Crippen LogP contribution is -1.93. The maximum atomic E-state index is 10.2. The Bertz CT molecular complexity index is 489. The van der Waals surface area contributed by atoms with Crippen molar-refractivity contribution in [2.45, 2.75) is 124 Å². The molecule has 0 aromatic heterocycles. The van der Waals surface area contributed by atoms with Gasteiger partial charge in [-0.15, -0.1) is 0 Å². The average molecular weight is 389 g/mol. The Morgan fingerprint density at radius 3 is 1.61 bits per heavy atom. The summed E-state index contributed by atoms with van der Waals surface area (Å²) in [6.45, 7) is 9.25. The van der Waals surface area contributed by atoms with E-state index in [-0.39, 0.29) is 0 Å². The van der Waals surface area contributed by atoms with E-state index in [1.165, 1.54) is 89.0 Å². The van der Waals surface area contributed by atoms with Gasteiger partial charge < -0.3 is 5.11 Å². The first-order chi connectivity index (χ1) is 13.5. The summed E-state index contributed by atoms with van der Waals surface area (Å²) in [5.41, 5.74) is 2.57. The van der Waals surface area contributed by atoms with Crippen LogP contribution in [0.15, 0.2) is 18.2 Å². The van der Waals surface area contributed by atoms with E-state index in [4.69, 9.17) is 0 Å². The summed E-state index contributed by atoms with van der Waals surface area (Å²) < 4.78 is 0. The largest absolute Gasteiger partial charge is 0.508 e. The van der Waals surface area contributed by atoms with Crippen LogP contribution in [0.25, 0.3) is 0 Å². The van der Waals surface area contributed by atoms with Crippen LogP contribution in [0, 0.1) is 11.8 Å². The van der Waals surface area contributed by atoms with E-state index in [9.17, 15) is 5.11 Å². The van der Waals surface area contributed by atoms with Crippen LogP contribution >= 0.6 is 0 Å². The SMILES string of the molecule is CC(C)CCCCCCCCCc1ccc(O)c(CCCCCCC(C)C)c1. The van der Waals surface area contributed by atoms with Crippen LogP contribution in [-0.4, -0.2) is 5.11 Å². The minimum Gasteiger partial charge on any atom is -0.508 e. The fourth-order valence-electron chi connectivity index (χ4n) is 3.98. The van der Waals surface area contributed by atoms with E-state index in [1.807, 2.05) is 6.07 Å². The second-order valence-corrected chi connectivity index (χ2v) is 9.72. The Labute approximate surface area is 176 Å². The van der Waals surface area contributed by atoms with Crippen LogP contribution in [-0.2, 0) is 12.8 Å². The molecular weight excluding hydrogens is 340 g/mol. The molecule has 0 aliphatic carbocycles. The van der Waals surface area contributed by atoms with Gasteiger partial charge in [0.15, 0.2) is 0 Å². The number of aromatic hydroxyl groups is 1. The van der Waals surface area contributed by atoms with E-state index < -0.39 is 0 Å². The van der Waals surface area contributed by atoms with Crippen LogP contribution < -0.4 is 0 Å². The van der Waals surface area contributed by atoms with E-state index in [2.05, 4.69) is 39.8 Å². The molecule has 1 rings (SSSR count). The fourth-order valence-corrected chi connectivity index (χ4v) is 3.98. The van der Waals surface area contributed by atoms with Crippen molar-refractivity contribution in [3.63, 3.8) is 0 Å². The number of unbranched alkanes of at least 4 members (excludes halogenated alkanes) is 9. The van der Waals surface area contributed by atoms with Gasteiger partial charge in [-0.2, -0.15) is 0 Å². The summed E-state index contributed by atoms with van der Waals surface area (Å²) in [7, 11) is 0. The Hall–Kier alpha value is -0.980. The molecule has 1 N–H and O–H groups in total. The van der Waals surface area contributed by atoms with E-state index >= 15 is 0 Å². The van der Waals surface area contributed by atoms with Gasteiger partial charge in [0.1, 0.15) is 5.75 Å². The van der Waals surface area contributed by atoms with Gasteiger partial charge in [-0.05, 0) is 54.7 Å². The predicted octanol–water partition coefficient (Wildman–Crippen LogP) is 8.86. The first kappa shape index (κ1) is 25.1. The minimum atomic E-state index is 0.493. The number of benzene rings is 1. The van der Waals surface area contributed by atoms with Crippen molar-refractivity contribution in [1.29, 1.82) is 0 Å². The van der Waals surface area contributed by atoms with Crippen molar-refractivity contribution in [1.82, 2.24) is 0 Å². The molecule has 0 bridgehead atoms. The molecule has 0 fully saturated rings. The molecule has 0 aliphatic rings. The van der Waals surface area contributed by atoms with E-state index in [0.29, 0.717) is 5.75 Å². The molecule has 1 nitrogen and oxygen atoms in total. The molecule has 1 heteroatoms. The van der Waals surface area contributed by atoms with Crippen molar-refractivity contribution in [2.24, 2.45) is 11.8 Å². The van der Waals surface area contributed by atoms with Gasteiger partial charge in [-0.25, -0.2) is 0 Å². The number of aryl methyl sites for hydroxylation is 2. The zero-order valence-corrected chi connectivity index (χ0v) is 19.4. The highest BCUT2D eigenvalue weighted by atomic mass is 16.3. The third-order valence-corrected chi connectivity index (χ3v) is 5.87. The number of phenolic OH excluding ortho intramolecular Hbond substituents is 1. The summed E-state index contributed by atoms with van der Waals surface area (Å²) >= 11 is 0. The molecular formula is C27H48O. The highest BCUT2D eigenvalue weighted by Gasteiger charge is 2.04. The normalized spacial score (nSPS) is 11.6. The lowest BCUT2D eigenvalue weighted by atomic mass is 9.98. The predicted molar refractivity (Wildman–Crippen MR) is 125 cm³/mol. The zero-order valence-electron chi connectivity index (χ0n) is 19.4. The molecule has 162 valence electrons. The van der Waals surface area contributed by atoms with Crippen LogP contribution in [0.2, 0.25) is 0 Å².